The molecule has 0 rings (SSSR count). The van der Waals surface area contributed by atoms with Gasteiger partial charge in [-0.3, -0.25) is 0 Å². The third-order valence-corrected chi connectivity index (χ3v) is 0. The van der Waals surface area contributed by atoms with E-state index in [1.54, 1.807) is 0 Å². The summed E-state index contributed by atoms with van der Waals surface area (Å²) in [5.74, 6) is 0. The molecule has 0 aromatic heterocycles. The second-order valence-corrected chi connectivity index (χ2v) is 1.13. The van der Waals surface area contributed by atoms with E-state index in [1.165, 1.54) is 0 Å². The van der Waals surface area contributed by atoms with Gasteiger partial charge in [0.15, 0.2) is 0 Å². The van der Waals surface area contributed by atoms with Crippen molar-refractivity contribution < 1.29 is 78.5 Å². The number of halogens is 1. The molecule has 65 valence electrons. The summed E-state index contributed by atoms with van der Waals surface area (Å²) in [5, 5.41) is 0. The Balaban J connectivity index is -0.00000000800. The van der Waals surface area contributed by atoms with Gasteiger partial charge in [-0.15, -0.1) is 10.2 Å². The van der Waals surface area contributed by atoms with Gasteiger partial charge in [0, 0.05) is 0 Å². The van der Waals surface area contributed by atoms with E-state index in [1.807, 2.05) is 0 Å². The van der Waals surface area contributed by atoms with Crippen LogP contribution in [0.3, 0.4) is 0 Å². The first-order valence-electron chi connectivity index (χ1n) is 0.617. The van der Waals surface area contributed by atoms with E-state index in [4.69, 9.17) is 18.6 Å². The number of hydrogen-bond acceptors (Lipinski definition) is 4. The molecule has 0 heterocycles. The summed E-state index contributed by atoms with van der Waals surface area (Å²) in [6.45, 7) is 0. The van der Waals surface area contributed by atoms with Crippen molar-refractivity contribution in [3.05, 3.63) is 0 Å². The van der Waals surface area contributed by atoms with E-state index < -0.39 is 10.2 Å². The van der Waals surface area contributed by atoms with Crippen molar-refractivity contribution in [3.63, 3.8) is 0 Å². The zero-order chi connectivity index (χ0) is 4.50. The van der Waals surface area contributed by atoms with E-state index in [0.29, 0.717) is 0 Å². The van der Waals surface area contributed by atoms with Crippen LogP contribution in [0.1, 0.15) is 0 Å². The average Bonchev–Trinajstić information content (AvgIpc) is 0.722. The van der Waals surface area contributed by atoms with Gasteiger partial charge in [-0.1, -0.05) is 0 Å². The molecule has 0 atom stereocenters. The van der Waals surface area contributed by atoms with Crippen LogP contribution in [0.15, 0.2) is 0 Å². The maximum Gasteiger partial charge on any atom is 1.00 e. The molecule has 10 heavy (non-hydrogen) atoms. The van der Waals surface area contributed by atoms with Crippen molar-refractivity contribution in [3.8, 4) is 0 Å². The quantitative estimate of drug-likeness (QED) is 0.378. The van der Waals surface area contributed by atoms with Gasteiger partial charge in [-0.25, -0.2) is 18.6 Å². The molecular weight excluding hydrogens is 364 g/mol. The number of rotatable bonds is 0. The van der Waals surface area contributed by atoms with E-state index >= 15 is 0 Å². The molecular formula is H8ClHgO8. The van der Waals surface area contributed by atoms with Gasteiger partial charge in [-0.2, -0.15) is 0 Å². The maximum atomic E-state index is 8.49. The summed E-state index contributed by atoms with van der Waals surface area (Å²) in [7, 11) is -4.94. The number of hydrogen-bond donors (Lipinski definition) is 0. The Morgan fingerprint density at radius 1 is 0.600 bits per heavy atom. The summed E-state index contributed by atoms with van der Waals surface area (Å²) in [5.41, 5.74) is 0. The van der Waals surface area contributed by atoms with Gasteiger partial charge in [-0.05, 0) is 0 Å². The van der Waals surface area contributed by atoms with Crippen molar-refractivity contribution in [2.24, 2.45) is 0 Å². The molecule has 0 amide bonds. The van der Waals surface area contributed by atoms with Gasteiger partial charge in [0.1, 0.15) is 0 Å². The molecule has 0 aromatic carbocycles. The Morgan fingerprint density at radius 2 is 0.600 bits per heavy atom. The summed E-state index contributed by atoms with van der Waals surface area (Å²) < 4.78 is 34.0. The maximum absolute atomic E-state index is 8.49. The largest absolute Gasteiger partial charge is 1.00 e. The summed E-state index contributed by atoms with van der Waals surface area (Å²) in [6.07, 6.45) is 0. The second-order valence-electron chi connectivity index (χ2n) is 0.378. The normalized spacial score (nSPS) is 6.00. The average molecular weight is 372 g/mol. The molecule has 8 N–H and O–H groups in total. The predicted molar refractivity (Wildman–Crippen MR) is 14.5 cm³/mol. The SMILES string of the molecule is O.O.O.O.[Hg+].[O-][Cl+3]([O-])([O-])[O-]. The Kier molecular flexibility index (Phi) is 73.3. The second kappa shape index (κ2) is 16.5. The van der Waals surface area contributed by atoms with Crippen molar-refractivity contribution in [2.45, 2.75) is 0 Å². The van der Waals surface area contributed by atoms with Gasteiger partial charge < -0.3 is 21.9 Å². The van der Waals surface area contributed by atoms with Crippen LogP contribution in [0.5, 0.6) is 0 Å². The predicted octanol–water partition coefficient (Wildman–Crippen LogP) is -8.06. The van der Waals surface area contributed by atoms with Crippen LogP contribution in [-0.2, 0) is 27.7 Å². The van der Waals surface area contributed by atoms with Crippen molar-refractivity contribution in [1.82, 2.24) is 0 Å². The Bertz CT molecular complexity index is 24.7. The third-order valence-electron chi connectivity index (χ3n) is 0. The Hall–Kier alpha value is 0.905. The van der Waals surface area contributed by atoms with Crippen molar-refractivity contribution in [2.75, 3.05) is 0 Å². The minimum absolute atomic E-state index is 0. The van der Waals surface area contributed by atoms with Gasteiger partial charge in [0.05, 0.1) is 0 Å². The smallest absolute Gasteiger partial charge is 0.412 e. The van der Waals surface area contributed by atoms with Crippen LogP contribution in [0, 0.1) is 10.2 Å². The first-order chi connectivity index (χ1) is 2.00. The minimum atomic E-state index is -4.94. The van der Waals surface area contributed by atoms with Crippen molar-refractivity contribution >= 4 is 0 Å². The molecule has 0 bridgehead atoms. The third kappa shape index (κ3) is 679. The van der Waals surface area contributed by atoms with Crippen LogP contribution < -0.4 is 18.6 Å². The fourth-order valence-electron chi connectivity index (χ4n) is 0. The Labute approximate surface area is 78.6 Å². The molecule has 10 heteroatoms. The molecule has 0 aromatic rings. The topological polar surface area (TPSA) is 218 Å². The molecule has 0 unspecified atom stereocenters. The zero-order valence-electron chi connectivity index (χ0n) is 4.72. The minimum Gasteiger partial charge on any atom is -0.412 e. The van der Waals surface area contributed by atoms with Crippen molar-refractivity contribution in [1.29, 1.82) is 0 Å². The van der Waals surface area contributed by atoms with Crippen LogP contribution >= 0.6 is 0 Å². The van der Waals surface area contributed by atoms with Crippen LogP contribution in [-0.4, -0.2) is 21.9 Å². The van der Waals surface area contributed by atoms with E-state index in [0.717, 1.165) is 0 Å². The van der Waals surface area contributed by atoms with E-state index in [9.17, 15) is 0 Å². The summed E-state index contributed by atoms with van der Waals surface area (Å²) in [6, 6.07) is 0. The van der Waals surface area contributed by atoms with Crippen LogP contribution in [0.2, 0.25) is 0 Å². The molecule has 0 fully saturated rings. The van der Waals surface area contributed by atoms with Crippen LogP contribution in [0.25, 0.3) is 0 Å². The first-order valence-corrected chi connectivity index (χ1v) is 1.85. The van der Waals surface area contributed by atoms with Crippen LogP contribution in [0.4, 0.5) is 0 Å². The van der Waals surface area contributed by atoms with E-state index in [-0.39, 0.29) is 49.6 Å². The zero-order valence-corrected chi connectivity index (χ0v) is 11.0. The first kappa shape index (κ1) is 44.5. The summed E-state index contributed by atoms with van der Waals surface area (Å²) >= 11 is 0. The molecule has 0 aliphatic carbocycles. The molecule has 0 aliphatic rings. The standard InChI is InChI=1S/ClHO4.Hg.4H2O/c2-1(3,4)5;;;;;/h(H,2,3,4,5);;4*1H2/q;+1;;;;/p-1. The molecule has 1 radical (unpaired) electrons. The molecule has 8 nitrogen and oxygen atoms in total. The van der Waals surface area contributed by atoms with Gasteiger partial charge in [0.25, 0.3) is 0 Å². The van der Waals surface area contributed by atoms with Gasteiger partial charge >= 0.3 is 27.7 Å². The monoisotopic (exact) mass is 373 g/mol. The molecule has 0 saturated carbocycles. The van der Waals surface area contributed by atoms with Gasteiger partial charge in [0.2, 0.25) is 0 Å². The fraction of sp³-hybridized carbons (Fsp3) is 0. The summed E-state index contributed by atoms with van der Waals surface area (Å²) in [4.78, 5) is 0. The fourth-order valence-corrected chi connectivity index (χ4v) is 0. The molecule has 0 aliphatic heterocycles. The molecule has 0 spiro atoms. The molecule has 0 saturated heterocycles. The Morgan fingerprint density at radius 3 is 0.600 bits per heavy atom. The van der Waals surface area contributed by atoms with E-state index in [2.05, 4.69) is 0 Å².